The number of methoxy groups -OCH3 is 1. The van der Waals surface area contributed by atoms with Crippen molar-refractivity contribution in [2.24, 2.45) is 5.92 Å². The molecule has 0 aliphatic heterocycles. The van der Waals surface area contributed by atoms with Gasteiger partial charge in [0.2, 0.25) is 10.0 Å². The summed E-state index contributed by atoms with van der Waals surface area (Å²) in [6, 6.07) is 6.45. The van der Waals surface area contributed by atoms with Crippen LogP contribution in [0, 0.1) is 5.92 Å². The van der Waals surface area contributed by atoms with Gasteiger partial charge in [0.05, 0.1) is 12.0 Å². The molecule has 1 atom stereocenters. The zero-order valence-corrected chi connectivity index (χ0v) is 11.3. The Morgan fingerprint density at radius 2 is 2.12 bits per heavy atom. The van der Waals surface area contributed by atoms with Gasteiger partial charge >= 0.3 is 0 Å². The topological polar surface area (TPSA) is 55.4 Å². The third-order valence-corrected chi connectivity index (χ3v) is 4.09. The molecule has 17 heavy (non-hydrogen) atoms. The first-order valence-electron chi connectivity index (χ1n) is 5.63. The molecule has 0 radical (unpaired) electrons. The highest BCUT2D eigenvalue weighted by Crippen LogP contribution is 2.16. The number of sulfonamides is 1. The normalized spacial score (nSPS) is 13.4. The standard InChI is InChI=1S/C12H19NO3S/c1-4-10(2)9-13-17(14,15)12-7-5-6-11(8-12)16-3/h5-8,10,13H,4,9H2,1-3H3/t10-/m0/s1. The fourth-order valence-electron chi connectivity index (χ4n) is 1.25. The molecule has 96 valence electrons. The molecule has 0 bridgehead atoms. The fourth-order valence-corrected chi connectivity index (χ4v) is 2.45. The van der Waals surface area contributed by atoms with E-state index in [0.717, 1.165) is 6.42 Å². The molecule has 1 rings (SSSR count). The van der Waals surface area contributed by atoms with Gasteiger partial charge in [0, 0.05) is 12.6 Å². The molecule has 1 aromatic rings. The smallest absolute Gasteiger partial charge is 0.240 e. The summed E-state index contributed by atoms with van der Waals surface area (Å²) in [5, 5.41) is 0. The molecule has 0 aliphatic carbocycles. The van der Waals surface area contributed by atoms with Gasteiger partial charge < -0.3 is 4.74 Å². The Morgan fingerprint density at radius 3 is 2.71 bits per heavy atom. The lowest BCUT2D eigenvalue weighted by atomic mass is 10.1. The van der Waals surface area contributed by atoms with Crippen LogP contribution in [0.5, 0.6) is 5.75 Å². The highest BCUT2D eigenvalue weighted by Gasteiger charge is 2.15. The summed E-state index contributed by atoms with van der Waals surface area (Å²) in [5.74, 6) is 0.867. The average molecular weight is 257 g/mol. The van der Waals surface area contributed by atoms with E-state index in [-0.39, 0.29) is 4.90 Å². The maximum atomic E-state index is 12.0. The summed E-state index contributed by atoms with van der Waals surface area (Å²) < 4.78 is 31.5. The molecule has 0 amide bonds. The zero-order chi connectivity index (χ0) is 12.9. The van der Waals surface area contributed by atoms with Crippen LogP contribution in [0.25, 0.3) is 0 Å². The first kappa shape index (κ1) is 14.0. The second-order valence-electron chi connectivity index (χ2n) is 4.04. The number of rotatable bonds is 6. The van der Waals surface area contributed by atoms with Crippen molar-refractivity contribution >= 4 is 10.0 Å². The van der Waals surface area contributed by atoms with E-state index in [9.17, 15) is 8.42 Å². The quantitative estimate of drug-likeness (QED) is 0.848. The van der Waals surface area contributed by atoms with Gasteiger partial charge in [-0.1, -0.05) is 26.3 Å². The van der Waals surface area contributed by atoms with E-state index in [2.05, 4.69) is 4.72 Å². The molecule has 0 fully saturated rings. The Balaban J connectivity index is 2.82. The predicted octanol–water partition coefficient (Wildman–Crippen LogP) is 2.02. The van der Waals surface area contributed by atoms with Gasteiger partial charge in [-0.25, -0.2) is 13.1 Å². The van der Waals surface area contributed by atoms with Gasteiger partial charge in [-0.05, 0) is 18.1 Å². The Hall–Kier alpha value is -1.07. The molecule has 1 N–H and O–H groups in total. The summed E-state index contributed by atoms with van der Waals surface area (Å²) in [6.45, 7) is 4.49. The van der Waals surface area contributed by atoms with Crippen LogP contribution >= 0.6 is 0 Å². The Morgan fingerprint density at radius 1 is 1.41 bits per heavy atom. The molecule has 0 heterocycles. The summed E-state index contributed by atoms with van der Waals surface area (Å²) in [4.78, 5) is 0.236. The Labute approximate surface area is 103 Å². The largest absolute Gasteiger partial charge is 0.497 e. The summed E-state index contributed by atoms with van der Waals surface area (Å²) in [5.41, 5.74) is 0. The minimum Gasteiger partial charge on any atom is -0.497 e. The van der Waals surface area contributed by atoms with Crippen molar-refractivity contribution in [2.75, 3.05) is 13.7 Å². The highest BCUT2D eigenvalue weighted by atomic mass is 32.2. The van der Waals surface area contributed by atoms with Gasteiger partial charge in [0.25, 0.3) is 0 Å². The average Bonchev–Trinajstić information content (AvgIpc) is 2.36. The van der Waals surface area contributed by atoms with Crippen molar-refractivity contribution in [3.63, 3.8) is 0 Å². The van der Waals surface area contributed by atoms with Gasteiger partial charge in [0.1, 0.15) is 5.75 Å². The number of benzene rings is 1. The first-order chi connectivity index (χ1) is 7.99. The molecular weight excluding hydrogens is 238 g/mol. The highest BCUT2D eigenvalue weighted by molar-refractivity contribution is 7.89. The molecule has 0 saturated heterocycles. The third kappa shape index (κ3) is 4.02. The van der Waals surface area contributed by atoms with Crippen molar-refractivity contribution in [1.82, 2.24) is 4.72 Å². The minimum atomic E-state index is -3.43. The van der Waals surface area contributed by atoms with Crippen LogP contribution < -0.4 is 9.46 Å². The van der Waals surface area contributed by atoms with E-state index in [1.165, 1.54) is 13.2 Å². The van der Waals surface area contributed by atoms with Crippen molar-refractivity contribution in [3.8, 4) is 5.75 Å². The molecular formula is C12H19NO3S. The molecule has 0 spiro atoms. The monoisotopic (exact) mass is 257 g/mol. The molecule has 5 heteroatoms. The number of hydrogen-bond acceptors (Lipinski definition) is 3. The number of ether oxygens (including phenoxy) is 1. The zero-order valence-electron chi connectivity index (χ0n) is 10.4. The van der Waals surface area contributed by atoms with Crippen LogP contribution in [0.2, 0.25) is 0 Å². The fraction of sp³-hybridized carbons (Fsp3) is 0.500. The van der Waals surface area contributed by atoms with Crippen LogP contribution in [-0.4, -0.2) is 22.1 Å². The van der Waals surface area contributed by atoms with Gasteiger partial charge in [-0.3, -0.25) is 0 Å². The summed E-state index contributed by atoms with van der Waals surface area (Å²) in [6.07, 6.45) is 0.945. The summed E-state index contributed by atoms with van der Waals surface area (Å²) >= 11 is 0. The van der Waals surface area contributed by atoms with Crippen LogP contribution in [0.3, 0.4) is 0 Å². The Kier molecular flexibility index (Phi) is 4.96. The number of hydrogen-bond donors (Lipinski definition) is 1. The van der Waals surface area contributed by atoms with Crippen molar-refractivity contribution in [3.05, 3.63) is 24.3 Å². The molecule has 0 unspecified atom stereocenters. The maximum absolute atomic E-state index is 12.0. The van der Waals surface area contributed by atoms with Gasteiger partial charge in [-0.15, -0.1) is 0 Å². The predicted molar refractivity (Wildman–Crippen MR) is 67.6 cm³/mol. The van der Waals surface area contributed by atoms with Gasteiger partial charge in [0.15, 0.2) is 0 Å². The maximum Gasteiger partial charge on any atom is 0.240 e. The van der Waals surface area contributed by atoms with E-state index < -0.39 is 10.0 Å². The van der Waals surface area contributed by atoms with Crippen molar-refractivity contribution in [1.29, 1.82) is 0 Å². The number of nitrogens with one attached hydrogen (secondary N) is 1. The van der Waals surface area contributed by atoms with Crippen molar-refractivity contribution < 1.29 is 13.2 Å². The lowest BCUT2D eigenvalue weighted by Gasteiger charge is -2.11. The van der Waals surface area contributed by atoms with Crippen LogP contribution in [0.1, 0.15) is 20.3 Å². The van der Waals surface area contributed by atoms with Gasteiger partial charge in [-0.2, -0.15) is 0 Å². The second kappa shape index (κ2) is 6.02. The van der Waals surface area contributed by atoms with E-state index in [0.29, 0.717) is 18.2 Å². The van der Waals surface area contributed by atoms with Crippen molar-refractivity contribution in [2.45, 2.75) is 25.2 Å². The van der Waals surface area contributed by atoms with Crippen LogP contribution in [-0.2, 0) is 10.0 Å². The second-order valence-corrected chi connectivity index (χ2v) is 5.81. The van der Waals surface area contributed by atoms with Crippen LogP contribution in [0.4, 0.5) is 0 Å². The van der Waals surface area contributed by atoms with E-state index in [4.69, 9.17) is 4.74 Å². The van der Waals surface area contributed by atoms with E-state index >= 15 is 0 Å². The lowest BCUT2D eigenvalue weighted by molar-refractivity contribution is 0.413. The molecule has 4 nitrogen and oxygen atoms in total. The Bertz CT molecular complexity index is 457. The molecule has 0 saturated carbocycles. The van der Waals surface area contributed by atoms with E-state index in [1.54, 1.807) is 18.2 Å². The molecule has 0 aliphatic rings. The SMILES string of the molecule is CC[C@H](C)CNS(=O)(=O)c1cccc(OC)c1. The third-order valence-electron chi connectivity index (χ3n) is 2.67. The minimum absolute atomic E-state index is 0.236. The first-order valence-corrected chi connectivity index (χ1v) is 7.11. The molecule has 0 aromatic heterocycles. The van der Waals surface area contributed by atoms with E-state index in [1.807, 2.05) is 13.8 Å². The lowest BCUT2D eigenvalue weighted by Crippen LogP contribution is -2.28. The van der Waals surface area contributed by atoms with Crippen LogP contribution in [0.15, 0.2) is 29.2 Å². The molecule has 1 aromatic carbocycles. The summed E-state index contributed by atoms with van der Waals surface area (Å²) in [7, 11) is -1.92.